The van der Waals surface area contributed by atoms with Crippen molar-refractivity contribution in [3.8, 4) is 0 Å². The van der Waals surface area contributed by atoms with Gasteiger partial charge < -0.3 is 10.6 Å². The van der Waals surface area contributed by atoms with Crippen molar-refractivity contribution in [1.82, 2.24) is 0 Å². The van der Waals surface area contributed by atoms with E-state index in [-0.39, 0.29) is 11.3 Å². The lowest BCUT2D eigenvalue weighted by molar-refractivity contribution is -0.119. The molecule has 1 amide bonds. The molecule has 2 rings (SSSR count). The maximum atomic E-state index is 12.1. The largest absolute Gasteiger partial charge is 0.330 e. The lowest BCUT2D eigenvalue weighted by Gasteiger charge is -2.32. The minimum atomic E-state index is 0.0900. The van der Waals surface area contributed by atoms with Gasteiger partial charge in [-0.25, -0.2) is 0 Å². The van der Waals surface area contributed by atoms with Gasteiger partial charge in [0.25, 0.3) is 0 Å². The standard InChI is InChI=1S/C15H22N2O/c1-15(2,11-16)9-10-17-13-6-4-3-5-12(13)7-8-14(17)18/h3-6H,7-11,16H2,1-2H3. The van der Waals surface area contributed by atoms with Crippen molar-refractivity contribution in [1.29, 1.82) is 0 Å². The fourth-order valence-electron chi connectivity index (χ4n) is 2.26. The van der Waals surface area contributed by atoms with Crippen LogP contribution in [0, 0.1) is 5.41 Å². The van der Waals surface area contributed by atoms with E-state index in [2.05, 4.69) is 19.9 Å². The predicted octanol–water partition coefficient (Wildman–Crippen LogP) is 2.34. The number of benzene rings is 1. The van der Waals surface area contributed by atoms with Gasteiger partial charge in [0.2, 0.25) is 5.91 Å². The summed E-state index contributed by atoms with van der Waals surface area (Å²) in [7, 11) is 0. The smallest absolute Gasteiger partial charge is 0.227 e. The Morgan fingerprint density at radius 2 is 2.00 bits per heavy atom. The van der Waals surface area contributed by atoms with Crippen LogP contribution in [-0.2, 0) is 11.2 Å². The third-order valence-electron chi connectivity index (χ3n) is 3.76. The summed E-state index contributed by atoms with van der Waals surface area (Å²) in [6, 6.07) is 8.19. The molecule has 0 saturated carbocycles. The number of hydrogen-bond donors (Lipinski definition) is 1. The average Bonchev–Trinajstić information content (AvgIpc) is 2.37. The Hall–Kier alpha value is -1.35. The summed E-state index contributed by atoms with van der Waals surface area (Å²) >= 11 is 0. The summed E-state index contributed by atoms with van der Waals surface area (Å²) in [5.74, 6) is 0.238. The molecular formula is C15H22N2O. The van der Waals surface area contributed by atoms with Gasteiger partial charge in [0.1, 0.15) is 0 Å². The van der Waals surface area contributed by atoms with E-state index in [4.69, 9.17) is 5.73 Å². The van der Waals surface area contributed by atoms with Gasteiger partial charge in [0, 0.05) is 18.7 Å². The van der Waals surface area contributed by atoms with Gasteiger partial charge in [-0.05, 0) is 36.4 Å². The zero-order valence-corrected chi connectivity index (χ0v) is 11.3. The van der Waals surface area contributed by atoms with Gasteiger partial charge in [-0.3, -0.25) is 4.79 Å². The topological polar surface area (TPSA) is 46.3 Å². The molecule has 0 unspecified atom stereocenters. The number of fused-ring (bicyclic) bond motifs is 1. The summed E-state index contributed by atoms with van der Waals surface area (Å²) in [5, 5.41) is 0. The third-order valence-corrected chi connectivity index (χ3v) is 3.76. The number of anilines is 1. The van der Waals surface area contributed by atoms with Gasteiger partial charge in [-0.2, -0.15) is 0 Å². The number of aryl methyl sites for hydroxylation is 1. The zero-order valence-electron chi connectivity index (χ0n) is 11.3. The minimum absolute atomic E-state index is 0.0900. The normalized spacial score (nSPS) is 15.7. The second-order valence-electron chi connectivity index (χ2n) is 5.79. The third kappa shape index (κ3) is 2.72. The monoisotopic (exact) mass is 246 g/mol. The Labute approximate surface area is 109 Å². The maximum absolute atomic E-state index is 12.1. The highest BCUT2D eigenvalue weighted by molar-refractivity contribution is 5.96. The molecule has 2 N–H and O–H groups in total. The molecule has 1 heterocycles. The van der Waals surface area contributed by atoms with Crippen molar-refractivity contribution in [3.05, 3.63) is 29.8 Å². The van der Waals surface area contributed by atoms with E-state index in [0.717, 1.165) is 25.1 Å². The number of carbonyl (C=O) groups excluding carboxylic acids is 1. The molecule has 3 heteroatoms. The molecule has 0 radical (unpaired) electrons. The Kier molecular flexibility index (Phi) is 3.71. The Morgan fingerprint density at radius 1 is 1.28 bits per heavy atom. The molecule has 0 bridgehead atoms. The molecule has 0 spiro atoms. The number of carbonyl (C=O) groups is 1. The average molecular weight is 246 g/mol. The summed E-state index contributed by atoms with van der Waals surface area (Å²) < 4.78 is 0. The molecule has 1 aromatic carbocycles. The second kappa shape index (κ2) is 5.11. The molecule has 0 atom stereocenters. The van der Waals surface area contributed by atoms with Crippen LogP contribution in [0.2, 0.25) is 0 Å². The highest BCUT2D eigenvalue weighted by atomic mass is 16.2. The van der Waals surface area contributed by atoms with Crippen LogP contribution in [0.15, 0.2) is 24.3 Å². The number of nitrogens with two attached hydrogens (primary N) is 1. The van der Waals surface area contributed by atoms with Gasteiger partial charge in [0.05, 0.1) is 0 Å². The van der Waals surface area contributed by atoms with Crippen LogP contribution >= 0.6 is 0 Å². The Balaban J connectivity index is 2.15. The molecular weight excluding hydrogens is 224 g/mol. The minimum Gasteiger partial charge on any atom is -0.330 e. The molecule has 0 aliphatic carbocycles. The molecule has 1 aromatic rings. The van der Waals surface area contributed by atoms with Gasteiger partial charge in [-0.1, -0.05) is 32.0 Å². The van der Waals surface area contributed by atoms with Crippen LogP contribution in [0.4, 0.5) is 5.69 Å². The van der Waals surface area contributed by atoms with Crippen LogP contribution < -0.4 is 10.6 Å². The number of amides is 1. The van der Waals surface area contributed by atoms with Crippen molar-refractivity contribution in [2.24, 2.45) is 11.1 Å². The second-order valence-corrected chi connectivity index (χ2v) is 5.79. The highest BCUT2D eigenvalue weighted by Crippen LogP contribution is 2.29. The predicted molar refractivity (Wildman–Crippen MR) is 74.6 cm³/mol. The van der Waals surface area contributed by atoms with Crippen LogP contribution in [0.25, 0.3) is 0 Å². The maximum Gasteiger partial charge on any atom is 0.227 e. The van der Waals surface area contributed by atoms with E-state index in [1.54, 1.807) is 0 Å². The molecule has 0 aromatic heterocycles. The molecule has 98 valence electrons. The van der Waals surface area contributed by atoms with Crippen molar-refractivity contribution < 1.29 is 4.79 Å². The van der Waals surface area contributed by atoms with Crippen molar-refractivity contribution in [3.63, 3.8) is 0 Å². The van der Waals surface area contributed by atoms with Gasteiger partial charge >= 0.3 is 0 Å². The molecule has 1 aliphatic rings. The van der Waals surface area contributed by atoms with E-state index in [1.165, 1.54) is 5.56 Å². The van der Waals surface area contributed by atoms with Crippen molar-refractivity contribution >= 4 is 11.6 Å². The molecule has 1 aliphatic heterocycles. The lowest BCUT2D eigenvalue weighted by atomic mass is 9.89. The molecule has 3 nitrogen and oxygen atoms in total. The highest BCUT2D eigenvalue weighted by Gasteiger charge is 2.25. The summed E-state index contributed by atoms with van der Waals surface area (Å²) in [6.45, 7) is 5.71. The van der Waals surface area contributed by atoms with E-state index < -0.39 is 0 Å². The first-order valence-electron chi connectivity index (χ1n) is 6.62. The van der Waals surface area contributed by atoms with E-state index in [9.17, 15) is 4.79 Å². The van der Waals surface area contributed by atoms with E-state index in [0.29, 0.717) is 13.0 Å². The first kappa shape index (κ1) is 13.1. The zero-order chi connectivity index (χ0) is 13.2. The van der Waals surface area contributed by atoms with Crippen LogP contribution in [0.3, 0.4) is 0 Å². The Morgan fingerprint density at radius 3 is 2.72 bits per heavy atom. The Bertz CT molecular complexity index is 440. The number of nitrogens with zero attached hydrogens (tertiary/aromatic N) is 1. The van der Waals surface area contributed by atoms with E-state index >= 15 is 0 Å². The first-order chi connectivity index (χ1) is 8.53. The van der Waals surface area contributed by atoms with Crippen LogP contribution in [0.5, 0.6) is 0 Å². The summed E-state index contributed by atoms with van der Waals surface area (Å²) in [6.07, 6.45) is 2.43. The fraction of sp³-hybridized carbons (Fsp3) is 0.533. The number of hydrogen-bond acceptors (Lipinski definition) is 2. The number of rotatable bonds is 4. The molecule has 0 fully saturated rings. The summed E-state index contributed by atoms with van der Waals surface area (Å²) in [4.78, 5) is 14.0. The van der Waals surface area contributed by atoms with Crippen LogP contribution in [0.1, 0.15) is 32.3 Å². The molecule has 0 saturated heterocycles. The van der Waals surface area contributed by atoms with Crippen molar-refractivity contribution in [2.45, 2.75) is 33.1 Å². The first-order valence-corrected chi connectivity index (χ1v) is 6.62. The van der Waals surface area contributed by atoms with Gasteiger partial charge in [0.15, 0.2) is 0 Å². The molecule has 18 heavy (non-hydrogen) atoms. The fourth-order valence-corrected chi connectivity index (χ4v) is 2.26. The van der Waals surface area contributed by atoms with E-state index in [1.807, 2.05) is 23.1 Å². The van der Waals surface area contributed by atoms with Crippen LogP contribution in [-0.4, -0.2) is 19.0 Å². The SMILES string of the molecule is CC(C)(CN)CCN1C(=O)CCc2ccccc21. The lowest BCUT2D eigenvalue weighted by Crippen LogP contribution is -2.38. The summed E-state index contributed by atoms with van der Waals surface area (Å²) in [5.41, 5.74) is 8.20. The quantitative estimate of drug-likeness (QED) is 0.886. The number of para-hydroxylation sites is 1. The van der Waals surface area contributed by atoms with Crippen molar-refractivity contribution in [2.75, 3.05) is 18.0 Å². The van der Waals surface area contributed by atoms with Gasteiger partial charge in [-0.15, -0.1) is 0 Å².